The number of nitrogens with zero attached hydrogens (tertiary/aromatic N) is 3. The average Bonchev–Trinajstić information content (AvgIpc) is 2.97. The van der Waals surface area contributed by atoms with Crippen LogP contribution in [0.15, 0.2) is 30.6 Å². The first-order valence-corrected chi connectivity index (χ1v) is 6.67. The number of nitrogens with one attached hydrogen (secondary N) is 2. The number of methoxy groups -OCH3 is 1. The number of carbonyl (C=O) groups is 1. The molecule has 0 atom stereocenters. The van der Waals surface area contributed by atoms with E-state index in [-0.39, 0.29) is 12.5 Å². The highest BCUT2D eigenvalue weighted by atomic mass is 16.5. The summed E-state index contributed by atoms with van der Waals surface area (Å²) >= 11 is 0. The van der Waals surface area contributed by atoms with Gasteiger partial charge in [-0.15, -0.1) is 0 Å². The van der Waals surface area contributed by atoms with Gasteiger partial charge >= 0.3 is 0 Å². The van der Waals surface area contributed by atoms with E-state index in [4.69, 9.17) is 4.74 Å². The van der Waals surface area contributed by atoms with E-state index in [1.165, 1.54) is 7.11 Å². The number of carbonyl (C=O) groups excluding carboxylic acids is 1. The van der Waals surface area contributed by atoms with Gasteiger partial charge in [0.05, 0.1) is 0 Å². The smallest absolute Gasteiger partial charge is 0.246 e. The molecule has 0 saturated carbocycles. The van der Waals surface area contributed by atoms with Crippen LogP contribution in [0.5, 0.6) is 0 Å². The minimum atomic E-state index is -0.133. The van der Waals surface area contributed by atoms with E-state index in [1.54, 1.807) is 0 Å². The van der Waals surface area contributed by atoms with Crippen LogP contribution in [-0.4, -0.2) is 47.2 Å². The van der Waals surface area contributed by atoms with Crippen molar-refractivity contribution in [2.24, 2.45) is 0 Å². The van der Waals surface area contributed by atoms with Crippen LogP contribution in [0.1, 0.15) is 5.82 Å². The summed E-state index contributed by atoms with van der Waals surface area (Å²) in [5.41, 5.74) is 0. The normalized spacial score (nSPS) is 10.4. The van der Waals surface area contributed by atoms with E-state index in [0.717, 1.165) is 11.6 Å². The van der Waals surface area contributed by atoms with Crippen molar-refractivity contribution >= 4 is 11.7 Å². The maximum atomic E-state index is 11.2. The summed E-state index contributed by atoms with van der Waals surface area (Å²) in [6, 6.07) is 5.75. The molecule has 0 aliphatic rings. The topological polar surface area (TPSA) is 81.1 Å². The maximum absolute atomic E-state index is 11.2. The summed E-state index contributed by atoms with van der Waals surface area (Å²) in [7, 11) is 1.49. The molecule has 21 heavy (non-hydrogen) atoms. The molecule has 0 aromatic carbocycles. The van der Waals surface area contributed by atoms with Gasteiger partial charge in [-0.25, -0.2) is 9.97 Å². The second-order valence-electron chi connectivity index (χ2n) is 4.46. The quantitative estimate of drug-likeness (QED) is 0.735. The Bertz CT molecular complexity index is 583. The molecule has 7 nitrogen and oxygen atoms in total. The molecule has 1 amide bonds. The first-order valence-electron chi connectivity index (χ1n) is 6.67. The Morgan fingerprint density at radius 3 is 2.76 bits per heavy atom. The molecule has 0 saturated heterocycles. The predicted molar refractivity (Wildman–Crippen MR) is 79.5 cm³/mol. The van der Waals surface area contributed by atoms with Gasteiger partial charge in [0.15, 0.2) is 0 Å². The van der Waals surface area contributed by atoms with Gasteiger partial charge in [0, 0.05) is 38.7 Å². The summed E-state index contributed by atoms with van der Waals surface area (Å²) < 4.78 is 6.65. The Morgan fingerprint density at radius 2 is 2.05 bits per heavy atom. The molecule has 7 heteroatoms. The number of aryl methyl sites for hydroxylation is 1. The van der Waals surface area contributed by atoms with Crippen LogP contribution in [0.4, 0.5) is 5.82 Å². The predicted octanol–water partition coefficient (Wildman–Crippen LogP) is 0.750. The molecule has 0 radical (unpaired) electrons. The molecule has 0 bridgehead atoms. The molecule has 2 aromatic rings. The Morgan fingerprint density at radius 1 is 1.29 bits per heavy atom. The second kappa shape index (κ2) is 7.39. The number of hydrogen-bond donors (Lipinski definition) is 2. The molecule has 0 fully saturated rings. The molecule has 112 valence electrons. The van der Waals surface area contributed by atoms with Gasteiger partial charge in [-0.1, -0.05) is 0 Å². The summed E-state index contributed by atoms with van der Waals surface area (Å²) in [6.45, 7) is 3.00. The zero-order valence-electron chi connectivity index (χ0n) is 12.2. The monoisotopic (exact) mass is 289 g/mol. The van der Waals surface area contributed by atoms with E-state index in [9.17, 15) is 4.79 Å². The van der Waals surface area contributed by atoms with Crippen molar-refractivity contribution in [1.82, 2.24) is 19.9 Å². The highest BCUT2D eigenvalue weighted by Gasteiger charge is 2.03. The molecule has 2 N–H and O–H groups in total. The summed E-state index contributed by atoms with van der Waals surface area (Å²) in [5, 5.41) is 5.90. The van der Waals surface area contributed by atoms with Crippen molar-refractivity contribution in [3.8, 4) is 5.82 Å². The number of aromatic nitrogens is 3. The van der Waals surface area contributed by atoms with Crippen molar-refractivity contribution < 1.29 is 9.53 Å². The molecular weight excluding hydrogens is 270 g/mol. The Kier molecular flexibility index (Phi) is 5.28. The highest BCUT2D eigenvalue weighted by Crippen LogP contribution is 2.10. The summed E-state index contributed by atoms with van der Waals surface area (Å²) in [4.78, 5) is 19.9. The third-order valence-corrected chi connectivity index (χ3v) is 2.72. The minimum absolute atomic E-state index is 0.0738. The first-order chi connectivity index (χ1) is 10.2. The zero-order valence-corrected chi connectivity index (χ0v) is 12.2. The molecule has 2 rings (SSSR count). The van der Waals surface area contributed by atoms with Gasteiger partial charge in [0.1, 0.15) is 24.1 Å². The third kappa shape index (κ3) is 4.57. The van der Waals surface area contributed by atoms with Crippen molar-refractivity contribution in [2.75, 3.05) is 32.1 Å². The molecule has 0 aliphatic heterocycles. The van der Waals surface area contributed by atoms with Gasteiger partial charge in [0.2, 0.25) is 5.91 Å². The average molecular weight is 289 g/mol. The zero-order chi connectivity index (χ0) is 15.1. The maximum Gasteiger partial charge on any atom is 0.246 e. The van der Waals surface area contributed by atoms with E-state index >= 15 is 0 Å². The third-order valence-electron chi connectivity index (χ3n) is 2.72. The Labute approximate surface area is 123 Å². The Hall–Kier alpha value is -2.41. The fourth-order valence-electron chi connectivity index (χ4n) is 1.84. The van der Waals surface area contributed by atoms with E-state index in [0.29, 0.717) is 18.9 Å². The van der Waals surface area contributed by atoms with E-state index in [2.05, 4.69) is 20.6 Å². The fourth-order valence-corrected chi connectivity index (χ4v) is 1.84. The van der Waals surface area contributed by atoms with Crippen LogP contribution in [0.2, 0.25) is 0 Å². The SMILES string of the molecule is COCC(=O)NCCNc1cc(-n2cccc2)nc(C)n1. The van der Waals surface area contributed by atoms with Crippen molar-refractivity contribution in [1.29, 1.82) is 0 Å². The van der Waals surface area contributed by atoms with Crippen LogP contribution in [0.3, 0.4) is 0 Å². The van der Waals surface area contributed by atoms with Gasteiger partial charge in [-0.3, -0.25) is 4.79 Å². The molecule has 0 spiro atoms. The minimum Gasteiger partial charge on any atom is -0.375 e. The fraction of sp³-hybridized carbons (Fsp3) is 0.357. The molecule has 2 heterocycles. The molecule has 2 aromatic heterocycles. The van der Waals surface area contributed by atoms with E-state index in [1.807, 2.05) is 42.1 Å². The van der Waals surface area contributed by atoms with Gasteiger partial charge in [0.25, 0.3) is 0 Å². The molecular formula is C14H19N5O2. The van der Waals surface area contributed by atoms with Crippen LogP contribution in [-0.2, 0) is 9.53 Å². The lowest BCUT2D eigenvalue weighted by molar-refractivity contribution is -0.124. The van der Waals surface area contributed by atoms with Crippen LogP contribution in [0.25, 0.3) is 5.82 Å². The van der Waals surface area contributed by atoms with Crippen molar-refractivity contribution in [3.63, 3.8) is 0 Å². The van der Waals surface area contributed by atoms with Crippen LogP contribution in [0, 0.1) is 6.92 Å². The van der Waals surface area contributed by atoms with Crippen LogP contribution >= 0.6 is 0 Å². The van der Waals surface area contributed by atoms with Gasteiger partial charge in [-0.05, 0) is 19.1 Å². The lowest BCUT2D eigenvalue weighted by Gasteiger charge is -2.10. The van der Waals surface area contributed by atoms with Crippen molar-refractivity contribution in [2.45, 2.75) is 6.92 Å². The Balaban J connectivity index is 1.90. The second-order valence-corrected chi connectivity index (χ2v) is 4.46. The van der Waals surface area contributed by atoms with Gasteiger partial charge in [-0.2, -0.15) is 0 Å². The van der Waals surface area contributed by atoms with Crippen molar-refractivity contribution in [3.05, 3.63) is 36.4 Å². The summed E-state index contributed by atoms with van der Waals surface area (Å²) in [5.74, 6) is 2.09. The number of amides is 1. The first kappa shape index (κ1) is 15.0. The molecule has 0 aliphatic carbocycles. The van der Waals surface area contributed by atoms with Crippen LogP contribution < -0.4 is 10.6 Å². The highest BCUT2D eigenvalue weighted by molar-refractivity contribution is 5.77. The largest absolute Gasteiger partial charge is 0.375 e. The molecule has 0 unspecified atom stereocenters. The number of hydrogen-bond acceptors (Lipinski definition) is 5. The number of anilines is 1. The van der Waals surface area contributed by atoms with E-state index < -0.39 is 0 Å². The lowest BCUT2D eigenvalue weighted by Crippen LogP contribution is -2.31. The summed E-state index contributed by atoms with van der Waals surface area (Å²) in [6.07, 6.45) is 3.85. The number of rotatable bonds is 7. The standard InChI is InChI=1S/C14H19N5O2/c1-11-17-12(15-5-6-16-14(20)10-21-2)9-13(18-11)19-7-3-4-8-19/h3-4,7-9H,5-6,10H2,1-2H3,(H,16,20)(H,15,17,18). The lowest BCUT2D eigenvalue weighted by atomic mass is 10.4. The van der Waals surface area contributed by atoms with Gasteiger partial charge < -0.3 is 19.9 Å². The number of ether oxygens (including phenoxy) is 1.